The minimum Gasteiger partial charge on any atom is -0.113 e. The van der Waals surface area contributed by atoms with Crippen LogP contribution in [0.3, 0.4) is 0 Å². The highest BCUT2D eigenvalue weighted by Gasteiger charge is 2.11. The Bertz CT molecular complexity index is 540. The van der Waals surface area contributed by atoms with Crippen molar-refractivity contribution in [2.75, 3.05) is 0 Å². The topological polar surface area (TPSA) is 0 Å². The Morgan fingerprint density at radius 1 is 1.05 bits per heavy atom. The predicted molar refractivity (Wildman–Crippen MR) is 91.6 cm³/mol. The average Bonchev–Trinajstić information content (AvgIpc) is 2.44. The zero-order valence-corrected chi connectivity index (χ0v) is 14.3. The van der Waals surface area contributed by atoms with Gasteiger partial charge in [0.1, 0.15) is 0 Å². The molecule has 20 heavy (non-hydrogen) atoms. The molecule has 0 heterocycles. The van der Waals surface area contributed by atoms with Gasteiger partial charge in [0.05, 0.1) is 5.38 Å². The third-order valence-electron chi connectivity index (χ3n) is 3.45. The van der Waals surface area contributed by atoms with Crippen molar-refractivity contribution < 1.29 is 0 Å². The molecule has 106 valence electrons. The number of hydrogen-bond donors (Lipinski definition) is 0. The highest BCUT2D eigenvalue weighted by atomic mass is 79.9. The lowest BCUT2D eigenvalue weighted by molar-refractivity contribution is 0.794. The van der Waals surface area contributed by atoms with Crippen molar-refractivity contribution >= 4 is 27.5 Å². The van der Waals surface area contributed by atoms with Crippen molar-refractivity contribution in [1.82, 2.24) is 0 Å². The van der Waals surface area contributed by atoms with E-state index in [-0.39, 0.29) is 5.38 Å². The van der Waals surface area contributed by atoms with E-state index < -0.39 is 0 Å². The molecule has 0 saturated heterocycles. The lowest BCUT2D eigenvalue weighted by atomic mass is 10.00. The van der Waals surface area contributed by atoms with Crippen molar-refractivity contribution in [3.8, 4) is 0 Å². The van der Waals surface area contributed by atoms with Gasteiger partial charge in [-0.3, -0.25) is 0 Å². The molecule has 0 saturated carbocycles. The maximum atomic E-state index is 6.61. The zero-order chi connectivity index (χ0) is 14.5. The molecule has 0 aliphatic heterocycles. The Kier molecular flexibility index (Phi) is 5.68. The fourth-order valence-electron chi connectivity index (χ4n) is 2.34. The fraction of sp³-hybridized carbons (Fsp3) is 0.333. The molecule has 0 fully saturated rings. The molecule has 0 amide bonds. The second kappa shape index (κ2) is 7.28. The molecule has 0 N–H and O–H groups in total. The van der Waals surface area contributed by atoms with Crippen LogP contribution in [-0.4, -0.2) is 0 Å². The van der Waals surface area contributed by atoms with E-state index in [0.29, 0.717) is 0 Å². The first kappa shape index (κ1) is 15.6. The van der Waals surface area contributed by atoms with Crippen LogP contribution in [0.15, 0.2) is 46.9 Å². The smallest absolute Gasteiger partial charge is 0.0835 e. The van der Waals surface area contributed by atoms with E-state index in [0.717, 1.165) is 22.0 Å². The summed E-state index contributed by atoms with van der Waals surface area (Å²) in [7, 11) is 0. The minimum atomic E-state index is -0.0913. The van der Waals surface area contributed by atoms with E-state index in [9.17, 15) is 0 Å². The van der Waals surface area contributed by atoms with Crippen LogP contribution in [0, 0.1) is 6.92 Å². The first-order valence-corrected chi connectivity index (χ1v) is 8.33. The van der Waals surface area contributed by atoms with Crippen LogP contribution in [0.5, 0.6) is 0 Å². The molecule has 2 aromatic rings. The summed E-state index contributed by atoms with van der Waals surface area (Å²) in [5, 5.41) is -0.0913. The van der Waals surface area contributed by atoms with Gasteiger partial charge in [0.2, 0.25) is 0 Å². The van der Waals surface area contributed by atoms with Crippen molar-refractivity contribution in [2.45, 2.75) is 38.5 Å². The Balaban J connectivity index is 2.17. The maximum Gasteiger partial charge on any atom is 0.0835 e. The van der Waals surface area contributed by atoms with E-state index in [4.69, 9.17) is 11.6 Å². The monoisotopic (exact) mass is 350 g/mol. The second-order valence-electron chi connectivity index (χ2n) is 5.27. The Morgan fingerprint density at radius 3 is 2.35 bits per heavy atom. The van der Waals surface area contributed by atoms with Gasteiger partial charge in [-0.05, 0) is 54.2 Å². The van der Waals surface area contributed by atoms with Crippen LogP contribution in [0.2, 0.25) is 0 Å². The van der Waals surface area contributed by atoms with Crippen molar-refractivity contribution in [3.05, 3.63) is 69.2 Å². The third-order valence-corrected chi connectivity index (χ3v) is 4.41. The van der Waals surface area contributed by atoms with Crippen LogP contribution < -0.4 is 0 Å². The second-order valence-corrected chi connectivity index (χ2v) is 6.62. The van der Waals surface area contributed by atoms with Crippen LogP contribution in [0.1, 0.15) is 47.4 Å². The molecule has 0 radical (unpaired) electrons. The van der Waals surface area contributed by atoms with Gasteiger partial charge in [-0.15, -0.1) is 11.6 Å². The minimum absolute atomic E-state index is 0.0913. The summed E-state index contributed by atoms with van der Waals surface area (Å²) >= 11 is 10.1. The third kappa shape index (κ3) is 4.10. The van der Waals surface area contributed by atoms with Crippen LogP contribution in [-0.2, 0) is 6.42 Å². The summed E-state index contributed by atoms with van der Waals surface area (Å²) in [5.74, 6) is 0. The lowest BCUT2D eigenvalue weighted by Crippen LogP contribution is -1.95. The predicted octanol–water partition coefficient (Wildman–Crippen LogP) is 6.43. The lowest BCUT2D eigenvalue weighted by Gasteiger charge is -2.12. The standard InChI is InChI=1S/C18H20BrCl/c1-3-4-5-14-6-8-15(9-7-14)18(20)16-10-13(2)11-17(19)12-16/h6-12,18H,3-5H2,1-2H3. The number of alkyl halides is 1. The molecule has 2 heteroatoms. The average molecular weight is 352 g/mol. The first-order chi connectivity index (χ1) is 9.60. The highest BCUT2D eigenvalue weighted by Crippen LogP contribution is 2.31. The van der Waals surface area contributed by atoms with Crippen LogP contribution in [0.4, 0.5) is 0 Å². The van der Waals surface area contributed by atoms with E-state index in [1.54, 1.807) is 0 Å². The van der Waals surface area contributed by atoms with Crippen LogP contribution in [0.25, 0.3) is 0 Å². The van der Waals surface area contributed by atoms with Gasteiger partial charge in [0.25, 0.3) is 0 Å². The normalized spacial score (nSPS) is 12.4. The molecule has 0 aliphatic carbocycles. The van der Waals surface area contributed by atoms with E-state index in [1.807, 2.05) is 0 Å². The molecule has 2 rings (SSSR count). The van der Waals surface area contributed by atoms with Gasteiger partial charge in [-0.25, -0.2) is 0 Å². The molecule has 0 bridgehead atoms. The number of hydrogen-bond acceptors (Lipinski definition) is 0. The molecule has 1 atom stereocenters. The quantitative estimate of drug-likeness (QED) is 0.545. The number of halogens is 2. The van der Waals surface area contributed by atoms with Crippen molar-refractivity contribution in [1.29, 1.82) is 0 Å². The van der Waals surface area contributed by atoms with E-state index in [1.165, 1.54) is 24.0 Å². The summed E-state index contributed by atoms with van der Waals surface area (Å²) in [4.78, 5) is 0. The number of unbranched alkanes of at least 4 members (excludes halogenated alkanes) is 1. The summed E-state index contributed by atoms with van der Waals surface area (Å²) in [5.41, 5.74) is 4.91. The summed E-state index contributed by atoms with van der Waals surface area (Å²) in [6, 6.07) is 15.0. The SMILES string of the molecule is CCCCc1ccc(C(Cl)c2cc(C)cc(Br)c2)cc1. The summed E-state index contributed by atoms with van der Waals surface area (Å²) in [6.45, 7) is 4.31. The molecule has 0 aliphatic rings. The first-order valence-electron chi connectivity index (χ1n) is 7.10. The fourth-order valence-corrected chi connectivity index (χ4v) is 3.23. The van der Waals surface area contributed by atoms with Crippen LogP contribution >= 0.6 is 27.5 Å². The summed E-state index contributed by atoms with van der Waals surface area (Å²) in [6.07, 6.45) is 3.63. The van der Waals surface area contributed by atoms with Gasteiger partial charge >= 0.3 is 0 Å². The Hall–Kier alpha value is -0.790. The highest BCUT2D eigenvalue weighted by molar-refractivity contribution is 9.10. The zero-order valence-electron chi connectivity index (χ0n) is 12.0. The van der Waals surface area contributed by atoms with Crippen molar-refractivity contribution in [2.24, 2.45) is 0 Å². The van der Waals surface area contributed by atoms with Gasteiger partial charge in [0, 0.05) is 4.47 Å². The molecule has 0 spiro atoms. The van der Waals surface area contributed by atoms with Gasteiger partial charge in [-0.2, -0.15) is 0 Å². The Labute approximate surface area is 135 Å². The molecular weight excluding hydrogens is 332 g/mol. The molecule has 0 aromatic heterocycles. The molecular formula is C18H20BrCl. The Morgan fingerprint density at radius 2 is 1.75 bits per heavy atom. The number of aryl methyl sites for hydroxylation is 2. The number of benzene rings is 2. The van der Waals surface area contributed by atoms with Gasteiger partial charge in [-0.1, -0.05) is 59.6 Å². The maximum absolute atomic E-state index is 6.61. The molecule has 0 nitrogen and oxygen atoms in total. The van der Waals surface area contributed by atoms with E-state index >= 15 is 0 Å². The van der Waals surface area contributed by atoms with Crippen molar-refractivity contribution in [3.63, 3.8) is 0 Å². The van der Waals surface area contributed by atoms with E-state index in [2.05, 4.69) is 72.2 Å². The molecule has 1 unspecified atom stereocenters. The van der Waals surface area contributed by atoms with Gasteiger partial charge < -0.3 is 0 Å². The molecule has 2 aromatic carbocycles. The van der Waals surface area contributed by atoms with Gasteiger partial charge in [0.15, 0.2) is 0 Å². The summed E-state index contributed by atoms with van der Waals surface area (Å²) < 4.78 is 1.08. The number of rotatable bonds is 5. The largest absolute Gasteiger partial charge is 0.113 e.